The standard InChI is InChI=1S/C52H63ClFNO5/c1-33(2)40-22-19-35(4)27-49(40)60-50(58)55(31-38-14-8-13-37-12-6-7-15-41(37)38)32-52(59)26-24-45-42-23-20-36(28-39(56)21-18-34(3)11-10-25-51(45,52)5)29-43(42)48(57)30-44-46(53)16-9-17-47(44)54/h6-9,11-17,20,23,29,33,35,39-40,45,49,56,59H,10,18-19,21-22,24-28,30-32H2,1-5H3/t35-,39-,40+,45-,49-,51-,52+/m0/s1. The Morgan fingerprint density at radius 3 is 2.53 bits per heavy atom. The number of nitrogens with zero attached hydrogens (tertiary/aromatic N) is 1. The van der Waals surface area contributed by atoms with E-state index in [9.17, 15) is 19.8 Å². The van der Waals surface area contributed by atoms with Crippen LogP contribution in [0.4, 0.5) is 9.18 Å². The summed E-state index contributed by atoms with van der Waals surface area (Å²) in [5, 5.41) is 26.8. The van der Waals surface area contributed by atoms with Crippen molar-refractivity contribution in [3.63, 3.8) is 0 Å². The number of benzene rings is 4. The van der Waals surface area contributed by atoms with Gasteiger partial charge in [-0.05, 0) is 134 Å². The molecule has 4 aromatic rings. The van der Waals surface area contributed by atoms with Gasteiger partial charge in [0.2, 0.25) is 0 Å². The summed E-state index contributed by atoms with van der Waals surface area (Å²) in [5.74, 6) is 0.00129. The first-order valence-corrected chi connectivity index (χ1v) is 22.6. The van der Waals surface area contributed by atoms with Crippen molar-refractivity contribution in [2.24, 2.45) is 23.2 Å². The molecule has 0 spiro atoms. The van der Waals surface area contributed by atoms with E-state index in [1.54, 1.807) is 11.0 Å². The van der Waals surface area contributed by atoms with E-state index in [0.717, 1.165) is 53.1 Å². The Morgan fingerprint density at radius 2 is 1.75 bits per heavy atom. The third kappa shape index (κ3) is 9.39. The Kier molecular flexibility index (Phi) is 13.6. The third-order valence-electron chi connectivity index (χ3n) is 14.5. The number of aliphatic hydroxyl groups excluding tert-OH is 1. The first-order valence-electron chi connectivity index (χ1n) is 22.2. The highest BCUT2D eigenvalue weighted by atomic mass is 35.5. The monoisotopic (exact) mass is 835 g/mol. The van der Waals surface area contributed by atoms with Gasteiger partial charge in [-0.25, -0.2) is 9.18 Å². The summed E-state index contributed by atoms with van der Waals surface area (Å²) >= 11 is 6.45. The number of fused-ring (bicyclic) bond motifs is 9. The number of hydrogen-bond donors (Lipinski definition) is 2. The van der Waals surface area contributed by atoms with Crippen molar-refractivity contribution in [2.45, 2.75) is 136 Å². The number of aliphatic hydroxyl groups is 2. The maximum atomic E-state index is 15.1. The number of Topliss-reactive ketones (excluding diaryl/α,β-unsaturated/α-hetero) is 1. The second-order valence-corrected chi connectivity index (χ2v) is 19.4. The fourth-order valence-electron chi connectivity index (χ4n) is 10.8. The fraction of sp³-hybridized carbons (Fsp3) is 0.500. The first kappa shape index (κ1) is 44.0. The summed E-state index contributed by atoms with van der Waals surface area (Å²) in [4.78, 5) is 31.0. The highest BCUT2D eigenvalue weighted by Crippen LogP contribution is 2.59. The Hall–Kier alpha value is -4.04. The van der Waals surface area contributed by atoms with Crippen LogP contribution in [-0.4, -0.2) is 51.3 Å². The number of rotatable bonds is 9. The van der Waals surface area contributed by atoms with Crippen LogP contribution in [0.5, 0.6) is 0 Å². The van der Waals surface area contributed by atoms with Gasteiger partial charge in [0, 0.05) is 34.5 Å². The molecule has 0 unspecified atom stereocenters. The highest BCUT2D eigenvalue weighted by Gasteiger charge is 2.58. The van der Waals surface area contributed by atoms with Crippen molar-refractivity contribution in [1.29, 1.82) is 0 Å². The van der Waals surface area contributed by atoms with Gasteiger partial charge in [0.05, 0.1) is 18.2 Å². The van der Waals surface area contributed by atoms with Gasteiger partial charge in [0.25, 0.3) is 0 Å². The maximum absolute atomic E-state index is 15.1. The maximum Gasteiger partial charge on any atom is 0.410 e. The van der Waals surface area contributed by atoms with Crippen molar-refractivity contribution in [3.8, 4) is 0 Å². The van der Waals surface area contributed by atoms with Crippen LogP contribution in [0.25, 0.3) is 10.8 Å². The van der Waals surface area contributed by atoms with Gasteiger partial charge >= 0.3 is 6.09 Å². The average molecular weight is 837 g/mol. The number of carbonyl (C=O) groups excluding carboxylic acids is 2. The number of amides is 1. The van der Waals surface area contributed by atoms with Crippen LogP contribution in [-0.2, 0) is 24.1 Å². The predicted octanol–water partition coefficient (Wildman–Crippen LogP) is 12.2. The molecule has 7 atom stereocenters. The number of ketones is 1. The molecule has 0 radical (unpaired) electrons. The zero-order valence-electron chi connectivity index (χ0n) is 36.1. The summed E-state index contributed by atoms with van der Waals surface area (Å²) in [7, 11) is 0. The molecule has 60 heavy (non-hydrogen) atoms. The molecule has 4 aromatic carbocycles. The van der Waals surface area contributed by atoms with Gasteiger partial charge in [0.15, 0.2) is 5.78 Å². The molecular weight excluding hydrogens is 773 g/mol. The minimum Gasteiger partial charge on any atom is -0.446 e. The van der Waals surface area contributed by atoms with Crippen molar-refractivity contribution in [1.82, 2.24) is 4.90 Å². The van der Waals surface area contributed by atoms with E-state index in [1.165, 1.54) is 17.7 Å². The lowest BCUT2D eigenvalue weighted by Crippen LogP contribution is -2.54. The molecule has 2 N–H and O–H groups in total. The normalized spacial score (nSPS) is 27.3. The summed E-state index contributed by atoms with van der Waals surface area (Å²) in [6, 6.07) is 24.6. The van der Waals surface area contributed by atoms with Crippen molar-refractivity contribution in [3.05, 3.63) is 129 Å². The Labute approximate surface area is 361 Å². The van der Waals surface area contributed by atoms with Crippen LogP contribution in [0, 0.1) is 29.0 Å². The van der Waals surface area contributed by atoms with Gasteiger partial charge in [-0.2, -0.15) is 0 Å². The Balaban J connectivity index is 1.30. The molecule has 2 fully saturated rings. The molecule has 4 aliphatic carbocycles. The SMILES string of the molecule is CC1=CCC[C@@]2(C)[C@@H](CC[C@@]2(O)CN(Cc2cccc3ccccc23)C(=O)O[C@H]2C[C@@H](C)CC[C@@H]2C(C)C)c2ccc(cc2C(=O)Cc2c(F)cccc2Cl)C[C@@H](O)CC1. The van der Waals surface area contributed by atoms with Gasteiger partial charge in [-0.1, -0.05) is 118 Å². The smallest absolute Gasteiger partial charge is 0.410 e. The largest absolute Gasteiger partial charge is 0.446 e. The summed E-state index contributed by atoms with van der Waals surface area (Å²) in [6.45, 7) is 11.2. The van der Waals surface area contributed by atoms with Crippen LogP contribution >= 0.6 is 11.6 Å². The quantitative estimate of drug-likeness (QED) is 0.130. The lowest BCUT2D eigenvalue weighted by Gasteiger charge is -2.46. The molecule has 6 nitrogen and oxygen atoms in total. The van der Waals surface area contributed by atoms with E-state index < -0.39 is 29.0 Å². The van der Waals surface area contributed by atoms with Crippen molar-refractivity contribution in [2.75, 3.05) is 6.54 Å². The van der Waals surface area contributed by atoms with Gasteiger partial charge in [-0.15, -0.1) is 0 Å². The topological polar surface area (TPSA) is 87.1 Å². The predicted molar refractivity (Wildman–Crippen MR) is 239 cm³/mol. The molecule has 0 heterocycles. The second-order valence-electron chi connectivity index (χ2n) is 19.0. The van der Waals surface area contributed by atoms with Crippen LogP contribution < -0.4 is 0 Å². The molecule has 2 bridgehead atoms. The molecule has 4 aliphatic rings. The average Bonchev–Trinajstić information content (AvgIpc) is 3.46. The molecule has 8 heteroatoms. The van der Waals surface area contributed by atoms with Gasteiger partial charge < -0.3 is 19.8 Å². The summed E-state index contributed by atoms with van der Waals surface area (Å²) < 4.78 is 21.7. The third-order valence-corrected chi connectivity index (χ3v) is 14.9. The molecule has 0 aliphatic heterocycles. The number of carbonyl (C=O) groups is 2. The van der Waals surface area contributed by atoms with Crippen LogP contribution in [0.2, 0.25) is 5.02 Å². The fourth-order valence-corrected chi connectivity index (χ4v) is 11.0. The van der Waals surface area contributed by atoms with E-state index in [4.69, 9.17) is 16.3 Å². The minimum atomic E-state index is -1.36. The molecule has 320 valence electrons. The number of halogens is 2. The van der Waals surface area contributed by atoms with Crippen LogP contribution in [0.1, 0.15) is 131 Å². The molecule has 1 amide bonds. The summed E-state index contributed by atoms with van der Waals surface area (Å²) in [5.41, 5.74) is 2.23. The van der Waals surface area contributed by atoms with Crippen LogP contribution in [0.15, 0.2) is 90.5 Å². The lowest BCUT2D eigenvalue weighted by atomic mass is 9.64. The Bertz CT molecular complexity index is 2190. The molecule has 2 saturated carbocycles. The van der Waals surface area contributed by atoms with E-state index in [0.29, 0.717) is 55.9 Å². The summed E-state index contributed by atoms with van der Waals surface area (Å²) in [6.07, 6.45) is 7.64. The van der Waals surface area contributed by atoms with E-state index in [2.05, 4.69) is 65.0 Å². The van der Waals surface area contributed by atoms with Crippen LogP contribution in [0.3, 0.4) is 0 Å². The lowest BCUT2D eigenvalue weighted by molar-refractivity contribution is -0.0876. The van der Waals surface area contributed by atoms with E-state index >= 15 is 4.39 Å². The molecular formula is C52H63ClFNO5. The van der Waals surface area contributed by atoms with Gasteiger partial charge in [0.1, 0.15) is 11.9 Å². The zero-order chi connectivity index (χ0) is 42.8. The van der Waals surface area contributed by atoms with Gasteiger partial charge in [-0.3, -0.25) is 4.79 Å². The molecule has 0 saturated heterocycles. The first-order chi connectivity index (χ1) is 28.7. The zero-order valence-corrected chi connectivity index (χ0v) is 36.8. The van der Waals surface area contributed by atoms with Crippen molar-refractivity contribution >= 4 is 34.2 Å². The van der Waals surface area contributed by atoms with E-state index in [1.807, 2.05) is 36.4 Å². The minimum absolute atomic E-state index is 0.0533. The molecule has 0 aromatic heterocycles. The number of hydrogen-bond acceptors (Lipinski definition) is 5. The second kappa shape index (κ2) is 18.5. The van der Waals surface area contributed by atoms with Crippen molar-refractivity contribution < 1.29 is 28.9 Å². The Morgan fingerprint density at radius 1 is 0.983 bits per heavy atom. The number of ether oxygens (including phenoxy) is 1. The highest BCUT2D eigenvalue weighted by molar-refractivity contribution is 6.31. The van der Waals surface area contributed by atoms with E-state index in [-0.39, 0.29) is 53.8 Å². The molecule has 8 rings (SSSR count). The number of allylic oxidation sites excluding steroid dienone is 2.